The average molecular weight is 488 g/mol. The van der Waals surface area contributed by atoms with Gasteiger partial charge in [-0.05, 0) is 36.8 Å². The van der Waals surface area contributed by atoms with Crippen molar-refractivity contribution in [1.29, 1.82) is 5.26 Å². The van der Waals surface area contributed by atoms with E-state index in [0.717, 1.165) is 0 Å². The van der Waals surface area contributed by atoms with Gasteiger partial charge in [0.1, 0.15) is 18.4 Å². The molecule has 2 atom stereocenters. The summed E-state index contributed by atoms with van der Waals surface area (Å²) in [6.45, 7) is 0.328. The van der Waals surface area contributed by atoms with Gasteiger partial charge in [-0.2, -0.15) is 5.26 Å². The molecule has 2 aliphatic rings. The molecule has 2 unspecified atom stereocenters. The van der Waals surface area contributed by atoms with E-state index in [4.69, 9.17) is 16.3 Å². The van der Waals surface area contributed by atoms with Crippen LogP contribution in [-0.2, 0) is 11.3 Å². The van der Waals surface area contributed by atoms with Crippen LogP contribution in [0.4, 0.5) is 4.79 Å². The van der Waals surface area contributed by atoms with Crippen LogP contribution in [0.15, 0.2) is 59.5 Å². The van der Waals surface area contributed by atoms with Gasteiger partial charge in [-0.25, -0.2) is 14.2 Å². The number of hydrogen-bond donors (Lipinski definition) is 1. The molecule has 2 aromatic carbocycles. The zero-order valence-corrected chi connectivity index (χ0v) is 19.0. The van der Waals surface area contributed by atoms with Crippen molar-refractivity contribution in [3.05, 3.63) is 87.1 Å². The van der Waals surface area contributed by atoms with Crippen molar-refractivity contribution in [2.75, 3.05) is 6.54 Å². The van der Waals surface area contributed by atoms with Gasteiger partial charge in [0.2, 0.25) is 5.88 Å². The summed E-state index contributed by atoms with van der Waals surface area (Å²) in [6, 6.07) is 15.1. The largest absolute Gasteiger partial charge is 0.493 e. The van der Waals surface area contributed by atoms with Crippen molar-refractivity contribution in [3.63, 3.8) is 0 Å². The van der Waals surface area contributed by atoms with Crippen LogP contribution in [0.1, 0.15) is 35.3 Å². The number of fused-ring (bicyclic) bond motifs is 6. The quantitative estimate of drug-likeness (QED) is 0.466. The SMILES string of the molecule is N#Cc1ccc(-n2c(O)c3n(c2=O)C2CC3N(C(=O)OCc3ccccc3Cl)C2)c2cccnc12. The van der Waals surface area contributed by atoms with Crippen LogP contribution in [0.3, 0.4) is 0 Å². The number of amides is 1. The van der Waals surface area contributed by atoms with Crippen molar-refractivity contribution in [3.8, 4) is 17.6 Å². The Balaban J connectivity index is 1.36. The predicted molar refractivity (Wildman–Crippen MR) is 126 cm³/mol. The smallest absolute Gasteiger partial charge is 0.410 e. The lowest BCUT2D eigenvalue weighted by Crippen LogP contribution is -2.38. The molecule has 10 heteroatoms. The Morgan fingerprint density at radius 1 is 1.23 bits per heavy atom. The Bertz CT molecular complexity index is 1620. The van der Waals surface area contributed by atoms with E-state index >= 15 is 0 Å². The molecule has 6 rings (SSSR count). The van der Waals surface area contributed by atoms with Crippen molar-refractivity contribution >= 4 is 28.6 Å². The van der Waals surface area contributed by atoms with E-state index in [9.17, 15) is 20.0 Å². The van der Waals surface area contributed by atoms with Gasteiger partial charge >= 0.3 is 11.8 Å². The van der Waals surface area contributed by atoms with Crippen LogP contribution in [0.5, 0.6) is 5.88 Å². The number of rotatable bonds is 3. The number of aromatic hydroxyl groups is 1. The number of ether oxygens (including phenoxy) is 1. The maximum atomic E-state index is 13.4. The molecule has 35 heavy (non-hydrogen) atoms. The standard InChI is InChI=1S/C25H18ClN5O4/c26-18-6-2-1-4-15(18)13-35-25(34)29-12-16-10-20(29)22-23(32)31(24(33)30(16)22)19-8-7-14(11-27)21-17(19)5-3-9-28-21/h1-9,16,20,32H,10,12-13H2. The van der Waals surface area contributed by atoms with E-state index in [0.29, 0.717) is 51.4 Å². The minimum Gasteiger partial charge on any atom is -0.493 e. The van der Waals surface area contributed by atoms with Gasteiger partial charge in [0, 0.05) is 28.7 Å². The second kappa shape index (κ2) is 7.89. The average Bonchev–Trinajstić information content (AvgIpc) is 3.54. The summed E-state index contributed by atoms with van der Waals surface area (Å²) in [4.78, 5) is 32.1. The Hall–Kier alpha value is -4.29. The number of nitriles is 1. The molecule has 0 aliphatic carbocycles. The molecule has 0 radical (unpaired) electrons. The first-order chi connectivity index (χ1) is 17.0. The third kappa shape index (κ3) is 3.11. The van der Waals surface area contributed by atoms with Gasteiger partial charge in [0.05, 0.1) is 28.9 Å². The summed E-state index contributed by atoms with van der Waals surface area (Å²) in [5.41, 5.74) is 1.91. The first-order valence-electron chi connectivity index (χ1n) is 11.0. The summed E-state index contributed by atoms with van der Waals surface area (Å²) in [5.74, 6) is -0.235. The number of pyridine rings is 1. The predicted octanol–water partition coefficient (Wildman–Crippen LogP) is 4.06. The van der Waals surface area contributed by atoms with Gasteiger partial charge in [-0.3, -0.25) is 14.5 Å². The van der Waals surface area contributed by atoms with Gasteiger partial charge in [0.15, 0.2) is 0 Å². The number of nitrogens with zero attached hydrogens (tertiary/aromatic N) is 5. The second-order valence-electron chi connectivity index (χ2n) is 8.54. The fourth-order valence-corrected chi connectivity index (χ4v) is 5.34. The lowest BCUT2D eigenvalue weighted by Gasteiger charge is -2.27. The van der Waals surface area contributed by atoms with Crippen molar-refractivity contribution < 1.29 is 14.6 Å². The van der Waals surface area contributed by atoms with E-state index in [1.807, 2.05) is 6.07 Å². The lowest BCUT2D eigenvalue weighted by molar-refractivity contribution is 0.0870. The Morgan fingerprint density at radius 2 is 2.06 bits per heavy atom. The van der Waals surface area contributed by atoms with E-state index in [1.165, 1.54) is 4.57 Å². The maximum Gasteiger partial charge on any atom is 0.410 e. The second-order valence-corrected chi connectivity index (χ2v) is 8.95. The summed E-state index contributed by atoms with van der Waals surface area (Å²) in [7, 11) is 0. The highest BCUT2D eigenvalue weighted by Crippen LogP contribution is 2.49. The molecule has 4 heterocycles. The monoisotopic (exact) mass is 487 g/mol. The highest BCUT2D eigenvalue weighted by Gasteiger charge is 2.49. The summed E-state index contributed by atoms with van der Waals surface area (Å²) in [6.07, 6.45) is 1.56. The molecule has 1 N–H and O–H groups in total. The number of imidazole rings is 1. The van der Waals surface area contributed by atoms with Crippen LogP contribution in [-0.4, -0.2) is 36.8 Å². The molecule has 1 amide bonds. The van der Waals surface area contributed by atoms with Crippen molar-refractivity contribution in [1.82, 2.24) is 19.0 Å². The molecule has 4 aromatic rings. The molecule has 1 saturated heterocycles. The van der Waals surface area contributed by atoms with E-state index in [-0.39, 0.29) is 18.5 Å². The normalized spacial score (nSPS) is 18.0. The number of hydrogen-bond acceptors (Lipinski definition) is 6. The van der Waals surface area contributed by atoms with Gasteiger partial charge in [-0.1, -0.05) is 29.8 Å². The Labute approximate surface area is 204 Å². The molecule has 2 aromatic heterocycles. The third-order valence-corrected chi connectivity index (χ3v) is 7.08. The number of aromatic nitrogens is 3. The van der Waals surface area contributed by atoms with Crippen LogP contribution in [0, 0.1) is 11.3 Å². The van der Waals surface area contributed by atoms with Crippen LogP contribution >= 0.6 is 11.6 Å². The minimum absolute atomic E-state index is 0.0242. The Kier molecular flexibility index (Phi) is 4.79. The van der Waals surface area contributed by atoms with Crippen LogP contribution < -0.4 is 5.69 Å². The molecule has 0 spiro atoms. The highest BCUT2D eigenvalue weighted by molar-refractivity contribution is 6.31. The highest BCUT2D eigenvalue weighted by atomic mass is 35.5. The molecular weight excluding hydrogens is 470 g/mol. The molecular formula is C25H18ClN5O4. The zero-order valence-electron chi connectivity index (χ0n) is 18.3. The molecule has 2 aliphatic heterocycles. The first kappa shape index (κ1) is 21.3. The summed E-state index contributed by atoms with van der Waals surface area (Å²) >= 11 is 6.16. The van der Waals surface area contributed by atoms with E-state index < -0.39 is 17.8 Å². The maximum absolute atomic E-state index is 13.4. The summed E-state index contributed by atoms with van der Waals surface area (Å²) in [5, 5.41) is 21.7. The minimum atomic E-state index is -0.531. The number of carbonyl (C=O) groups excluding carboxylic acids is 1. The fraction of sp³-hybridized carbons (Fsp3) is 0.200. The van der Waals surface area contributed by atoms with Gasteiger partial charge in [0.25, 0.3) is 0 Å². The number of benzene rings is 2. The lowest BCUT2D eigenvalue weighted by atomic mass is 10.1. The third-order valence-electron chi connectivity index (χ3n) is 6.71. The molecule has 9 nitrogen and oxygen atoms in total. The fourth-order valence-electron chi connectivity index (χ4n) is 5.15. The molecule has 174 valence electrons. The zero-order chi connectivity index (χ0) is 24.3. The first-order valence-corrected chi connectivity index (χ1v) is 11.4. The summed E-state index contributed by atoms with van der Waals surface area (Å²) < 4.78 is 8.27. The van der Waals surface area contributed by atoms with Gasteiger partial charge < -0.3 is 9.84 Å². The van der Waals surface area contributed by atoms with Gasteiger partial charge in [-0.15, -0.1) is 0 Å². The van der Waals surface area contributed by atoms with Crippen molar-refractivity contribution in [2.24, 2.45) is 0 Å². The van der Waals surface area contributed by atoms with E-state index in [1.54, 1.807) is 58.1 Å². The number of likely N-dealkylation sites (tertiary alicyclic amines) is 1. The Morgan fingerprint density at radius 3 is 2.86 bits per heavy atom. The van der Waals surface area contributed by atoms with Crippen LogP contribution in [0.2, 0.25) is 5.02 Å². The topological polar surface area (TPSA) is 113 Å². The number of carbonyl (C=O) groups is 1. The van der Waals surface area contributed by atoms with Crippen molar-refractivity contribution in [2.45, 2.75) is 25.1 Å². The van der Waals surface area contributed by atoms with Crippen LogP contribution in [0.25, 0.3) is 16.6 Å². The van der Waals surface area contributed by atoms with E-state index in [2.05, 4.69) is 11.1 Å². The number of halogens is 1. The molecule has 1 fully saturated rings. The molecule has 0 saturated carbocycles. The molecule has 2 bridgehead atoms.